The maximum atomic E-state index is 11.4. The number of carbonyl (C=O) groups is 1. The second kappa shape index (κ2) is 10.2. The second-order valence-electron chi connectivity index (χ2n) is 7.15. The third kappa shape index (κ3) is 5.12. The summed E-state index contributed by atoms with van der Waals surface area (Å²) in [6, 6.07) is 27.0. The van der Waals surface area contributed by atoms with Gasteiger partial charge in [0.15, 0.2) is 17.9 Å². The summed E-state index contributed by atoms with van der Waals surface area (Å²) in [5.74, 6) is 2.23. The first-order chi connectivity index (χ1) is 15.3. The largest absolute Gasteiger partial charge is 0.478 e. The minimum atomic E-state index is -0.424. The van der Waals surface area contributed by atoms with Gasteiger partial charge in [0.25, 0.3) is 0 Å². The number of rotatable bonds is 9. The van der Waals surface area contributed by atoms with Crippen molar-refractivity contribution < 1.29 is 18.7 Å². The first kappa shape index (κ1) is 21.1. The highest BCUT2D eigenvalue weighted by atomic mass is 32.2. The fourth-order valence-corrected chi connectivity index (χ4v) is 4.73. The van der Waals surface area contributed by atoms with E-state index in [2.05, 4.69) is 65.4 Å². The quantitative estimate of drug-likeness (QED) is 0.301. The molecular formula is C26H24O4S. The summed E-state index contributed by atoms with van der Waals surface area (Å²) in [7, 11) is 1.34. The first-order valence-electron chi connectivity index (χ1n) is 10.1. The molecule has 1 heterocycles. The van der Waals surface area contributed by atoms with Crippen LogP contribution in [0.4, 0.5) is 0 Å². The summed E-state index contributed by atoms with van der Waals surface area (Å²) in [6.07, 6.45) is 1.78. The average molecular weight is 433 g/mol. The summed E-state index contributed by atoms with van der Waals surface area (Å²) in [6.45, 7) is -0.143. The van der Waals surface area contributed by atoms with Crippen LogP contribution in [0, 0.1) is 0 Å². The van der Waals surface area contributed by atoms with Crippen LogP contribution in [0.2, 0.25) is 0 Å². The van der Waals surface area contributed by atoms with Gasteiger partial charge in [-0.2, -0.15) is 11.8 Å². The van der Waals surface area contributed by atoms with Gasteiger partial charge < -0.3 is 13.9 Å². The Morgan fingerprint density at radius 3 is 2.26 bits per heavy atom. The van der Waals surface area contributed by atoms with Crippen molar-refractivity contribution in [3.05, 3.63) is 102 Å². The highest BCUT2D eigenvalue weighted by Crippen LogP contribution is 2.34. The van der Waals surface area contributed by atoms with Crippen LogP contribution in [0.15, 0.2) is 89.5 Å². The summed E-state index contributed by atoms with van der Waals surface area (Å²) >= 11 is 1.88. The number of carbonyl (C=O) groups excluding carboxylic acids is 1. The first-order valence-corrected chi connectivity index (χ1v) is 11.3. The standard InChI is InChI=1S/C26H24O4S/c1-28-25(27)16-29-24-14-8-13-22-21(15-30-26(22)24)17-31-18-23(19-9-4-2-5-10-19)20-11-6-3-7-12-20/h2-15,23H,16-18H2,1H3. The van der Waals surface area contributed by atoms with Crippen LogP contribution in [0.5, 0.6) is 5.75 Å². The zero-order valence-electron chi connectivity index (χ0n) is 17.3. The fraction of sp³-hybridized carbons (Fsp3) is 0.192. The van der Waals surface area contributed by atoms with Crippen molar-refractivity contribution in [3.63, 3.8) is 0 Å². The Labute approximate surface area is 186 Å². The van der Waals surface area contributed by atoms with Crippen molar-refractivity contribution in [2.24, 2.45) is 0 Å². The Bertz CT molecular complexity index is 1080. The molecule has 0 atom stereocenters. The highest BCUT2D eigenvalue weighted by molar-refractivity contribution is 7.98. The van der Waals surface area contributed by atoms with E-state index < -0.39 is 5.97 Å². The molecule has 0 saturated heterocycles. The molecule has 0 aliphatic heterocycles. The van der Waals surface area contributed by atoms with Crippen molar-refractivity contribution in [3.8, 4) is 5.75 Å². The molecule has 0 spiro atoms. The van der Waals surface area contributed by atoms with E-state index in [9.17, 15) is 4.79 Å². The van der Waals surface area contributed by atoms with E-state index >= 15 is 0 Å². The van der Waals surface area contributed by atoms with Crippen LogP contribution in [0.1, 0.15) is 22.6 Å². The van der Waals surface area contributed by atoms with Crippen molar-refractivity contribution in [2.75, 3.05) is 19.5 Å². The fourth-order valence-electron chi connectivity index (χ4n) is 3.55. The van der Waals surface area contributed by atoms with Crippen molar-refractivity contribution in [2.45, 2.75) is 11.7 Å². The molecule has 31 heavy (non-hydrogen) atoms. The summed E-state index contributed by atoms with van der Waals surface area (Å²) < 4.78 is 16.0. The van der Waals surface area contributed by atoms with E-state index in [-0.39, 0.29) is 6.61 Å². The Kier molecular flexibility index (Phi) is 6.95. The van der Waals surface area contributed by atoms with E-state index in [1.807, 2.05) is 23.9 Å². The Hall–Kier alpha value is -3.18. The van der Waals surface area contributed by atoms with Crippen LogP contribution >= 0.6 is 11.8 Å². The van der Waals surface area contributed by atoms with Gasteiger partial charge in [0, 0.05) is 28.4 Å². The molecule has 4 nitrogen and oxygen atoms in total. The van der Waals surface area contributed by atoms with Crippen LogP contribution < -0.4 is 4.74 Å². The molecule has 1 aromatic heterocycles. The molecule has 158 valence electrons. The third-order valence-corrected chi connectivity index (χ3v) is 6.25. The van der Waals surface area contributed by atoms with Gasteiger partial charge in [-0.3, -0.25) is 0 Å². The minimum Gasteiger partial charge on any atom is -0.478 e. The lowest BCUT2D eigenvalue weighted by molar-refractivity contribution is -0.142. The van der Waals surface area contributed by atoms with E-state index in [1.165, 1.54) is 18.2 Å². The summed E-state index contributed by atoms with van der Waals surface area (Å²) in [4.78, 5) is 11.4. The lowest BCUT2D eigenvalue weighted by atomic mass is 9.93. The molecule has 5 heteroatoms. The predicted molar refractivity (Wildman–Crippen MR) is 125 cm³/mol. The molecule has 4 rings (SSSR count). The molecule has 3 aromatic carbocycles. The van der Waals surface area contributed by atoms with Crippen LogP contribution in [0.25, 0.3) is 11.0 Å². The highest BCUT2D eigenvalue weighted by Gasteiger charge is 2.16. The van der Waals surface area contributed by atoms with Crippen LogP contribution in [0.3, 0.4) is 0 Å². The monoisotopic (exact) mass is 432 g/mol. The molecule has 0 fully saturated rings. The number of thioether (sulfide) groups is 1. The van der Waals surface area contributed by atoms with Crippen molar-refractivity contribution in [1.82, 2.24) is 0 Å². The molecule has 0 amide bonds. The normalized spacial score (nSPS) is 11.0. The van der Waals surface area contributed by atoms with Gasteiger partial charge in [-0.25, -0.2) is 4.79 Å². The van der Waals surface area contributed by atoms with E-state index in [1.54, 1.807) is 12.3 Å². The number of esters is 1. The van der Waals surface area contributed by atoms with Gasteiger partial charge in [-0.1, -0.05) is 72.8 Å². The SMILES string of the molecule is COC(=O)COc1cccc2c(CSCC(c3ccccc3)c3ccccc3)coc12. The number of ether oxygens (including phenoxy) is 2. The van der Waals surface area contributed by atoms with E-state index in [0.29, 0.717) is 17.3 Å². The van der Waals surface area contributed by atoms with Gasteiger partial charge >= 0.3 is 5.97 Å². The number of hydrogen-bond donors (Lipinski definition) is 0. The second-order valence-corrected chi connectivity index (χ2v) is 8.18. The zero-order chi connectivity index (χ0) is 21.5. The van der Waals surface area contributed by atoms with Gasteiger partial charge in [0.1, 0.15) is 0 Å². The van der Waals surface area contributed by atoms with Crippen molar-refractivity contribution >= 4 is 28.7 Å². The number of methoxy groups -OCH3 is 1. The van der Waals surface area contributed by atoms with Gasteiger partial charge in [0.2, 0.25) is 0 Å². The maximum absolute atomic E-state index is 11.4. The Morgan fingerprint density at radius 2 is 1.61 bits per heavy atom. The molecule has 0 saturated carbocycles. The molecular weight excluding hydrogens is 408 g/mol. The van der Waals surface area contributed by atoms with Gasteiger partial charge in [-0.05, 0) is 17.2 Å². The zero-order valence-corrected chi connectivity index (χ0v) is 18.1. The predicted octanol–water partition coefficient (Wildman–Crippen LogP) is 6.05. The molecule has 0 bridgehead atoms. The van der Waals surface area contributed by atoms with Crippen LogP contribution in [-0.4, -0.2) is 25.4 Å². The minimum absolute atomic E-state index is 0.143. The number of benzene rings is 3. The molecule has 0 aliphatic carbocycles. The molecule has 0 aliphatic rings. The Morgan fingerprint density at radius 1 is 0.935 bits per heavy atom. The Balaban J connectivity index is 1.47. The topological polar surface area (TPSA) is 48.7 Å². The third-order valence-electron chi connectivity index (χ3n) is 5.16. The molecule has 4 aromatic rings. The summed E-state index contributed by atoms with van der Waals surface area (Å²) in [5, 5.41) is 1.01. The van der Waals surface area contributed by atoms with Crippen LogP contribution in [-0.2, 0) is 15.3 Å². The maximum Gasteiger partial charge on any atom is 0.343 e. The molecule has 0 unspecified atom stereocenters. The van der Waals surface area contributed by atoms with E-state index in [4.69, 9.17) is 9.15 Å². The van der Waals surface area contributed by atoms with Gasteiger partial charge in [-0.15, -0.1) is 0 Å². The van der Waals surface area contributed by atoms with Gasteiger partial charge in [0.05, 0.1) is 13.4 Å². The number of furan rings is 1. The summed E-state index contributed by atoms with van der Waals surface area (Å²) in [5.41, 5.74) is 4.40. The lowest BCUT2D eigenvalue weighted by Crippen LogP contribution is -2.12. The molecule has 0 N–H and O–H groups in total. The van der Waals surface area contributed by atoms with Crippen molar-refractivity contribution in [1.29, 1.82) is 0 Å². The number of para-hydroxylation sites is 1. The average Bonchev–Trinajstić information content (AvgIpc) is 3.25. The lowest BCUT2D eigenvalue weighted by Gasteiger charge is -2.17. The van der Waals surface area contributed by atoms with E-state index in [0.717, 1.165) is 22.5 Å². The number of fused-ring (bicyclic) bond motifs is 1. The smallest absolute Gasteiger partial charge is 0.343 e. The number of hydrogen-bond acceptors (Lipinski definition) is 5. The molecule has 0 radical (unpaired) electrons.